The lowest BCUT2D eigenvalue weighted by atomic mass is 10.0. The zero-order valence-corrected chi connectivity index (χ0v) is 16.6. The van der Waals surface area contributed by atoms with Crippen molar-refractivity contribution in [1.82, 2.24) is 0 Å². The highest BCUT2D eigenvalue weighted by Crippen LogP contribution is 2.36. The summed E-state index contributed by atoms with van der Waals surface area (Å²) >= 11 is 0. The van der Waals surface area contributed by atoms with Crippen LogP contribution in [-0.2, 0) is 18.9 Å². The van der Waals surface area contributed by atoms with Gasteiger partial charge < -0.3 is 29.2 Å². The number of hydrogen-bond donors (Lipinski definition) is 2. The SMILES string of the molecule is O=[N+]([O-])c1cccc(C2OC[C@H](O)[C@H](O)[C@H]3OC(c4cccc([N+](=O)[O-])c4)O[C@@H]3CO2)c1. The molecule has 0 bridgehead atoms. The third-order valence-electron chi connectivity index (χ3n) is 5.21. The van der Waals surface area contributed by atoms with Gasteiger partial charge in [-0.05, 0) is 0 Å². The van der Waals surface area contributed by atoms with Gasteiger partial charge in [0.05, 0.1) is 23.1 Å². The Morgan fingerprint density at radius 1 is 0.812 bits per heavy atom. The highest BCUT2D eigenvalue weighted by molar-refractivity contribution is 5.36. The summed E-state index contributed by atoms with van der Waals surface area (Å²) in [4.78, 5) is 21.0. The van der Waals surface area contributed by atoms with Crippen LogP contribution in [0.1, 0.15) is 23.7 Å². The molecule has 2 N–H and O–H groups in total. The Labute approximate surface area is 181 Å². The molecule has 2 fully saturated rings. The van der Waals surface area contributed by atoms with Gasteiger partial charge in [0, 0.05) is 35.4 Å². The van der Waals surface area contributed by atoms with E-state index in [1.54, 1.807) is 12.1 Å². The monoisotopic (exact) mass is 448 g/mol. The van der Waals surface area contributed by atoms with Gasteiger partial charge in [0.15, 0.2) is 12.6 Å². The summed E-state index contributed by atoms with van der Waals surface area (Å²) in [6, 6.07) is 11.4. The number of rotatable bonds is 4. The van der Waals surface area contributed by atoms with Crippen molar-refractivity contribution in [3.8, 4) is 0 Å². The molecular weight excluding hydrogens is 428 g/mol. The third kappa shape index (κ3) is 4.60. The van der Waals surface area contributed by atoms with Crippen LogP contribution >= 0.6 is 0 Å². The van der Waals surface area contributed by atoms with E-state index >= 15 is 0 Å². The molecule has 2 aliphatic rings. The van der Waals surface area contributed by atoms with Crippen LogP contribution in [-0.4, -0.2) is 57.7 Å². The number of nitro groups is 2. The number of hydrogen-bond acceptors (Lipinski definition) is 10. The fourth-order valence-corrected chi connectivity index (χ4v) is 3.59. The van der Waals surface area contributed by atoms with Gasteiger partial charge >= 0.3 is 0 Å². The van der Waals surface area contributed by atoms with Crippen LogP contribution in [0.2, 0.25) is 0 Å². The first-order valence-electron chi connectivity index (χ1n) is 9.72. The molecule has 0 aliphatic carbocycles. The van der Waals surface area contributed by atoms with Gasteiger partial charge in [-0.25, -0.2) is 0 Å². The van der Waals surface area contributed by atoms with E-state index in [-0.39, 0.29) is 24.6 Å². The van der Waals surface area contributed by atoms with Gasteiger partial charge in [0.1, 0.15) is 24.4 Å². The van der Waals surface area contributed by atoms with Crippen LogP contribution in [0, 0.1) is 20.2 Å². The molecule has 6 atom stereocenters. The van der Waals surface area contributed by atoms with Crippen LogP contribution < -0.4 is 0 Å². The minimum Gasteiger partial charge on any atom is -0.388 e. The Kier molecular flexibility index (Phi) is 6.41. The zero-order valence-electron chi connectivity index (χ0n) is 16.6. The predicted octanol–water partition coefficient (Wildman–Crippen LogP) is 1.75. The molecular formula is C20H20N2O10. The molecule has 0 aromatic heterocycles. The van der Waals surface area contributed by atoms with E-state index in [9.17, 15) is 30.4 Å². The highest BCUT2D eigenvalue weighted by Gasteiger charge is 2.45. The minimum absolute atomic E-state index is 0.132. The van der Waals surface area contributed by atoms with Crippen molar-refractivity contribution in [2.45, 2.75) is 37.0 Å². The average molecular weight is 448 g/mol. The molecule has 2 unspecified atom stereocenters. The van der Waals surface area contributed by atoms with E-state index in [2.05, 4.69) is 0 Å². The average Bonchev–Trinajstić information content (AvgIpc) is 3.23. The summed E-state index contributed by atoms with van der Waals surface area (Å²) in [6.07, 6.45) is -6.68. The van der Waals surface area contributed by atoms with E-state index in [1.807, 2.05) is 0 Å². The van der Waals surface area contributed by atoms with Crippen molar-refractivity contribution in [2.24, 2.45) is 0 Å². The predicted molar refractivity (Wildman–Crippen MR) is 105 cm³/mol. The third-order valence-corrected chi connectivity index (χ3v) is 5.21. The van der Waals surface area contributed by atoms with Crippen LogP contribution in [0.25, 0.3) is 0 Å². The molecule has 32 heavy (non-hydrogen) atoms. The maximum absolute atomic E-state index is 11.1. The molecule has 2 saturated heterocycles. The quantitative estimate of drug-likeness (QED) is 0.520. The summed E-state index contributed by atoms with van der Waals surface area (Å²) in [5.74, 6) is 0. The largest absolute Gasteiger partial charge is 0.388 e. The molecule has 0 radical (unpaired) electrons. The Balaban J connectivity index is 1.55. The van der Waals surface area contributed by atoms with Gasteiger partial charge in [-0.15, -0.1) is 0 Å². The molecule has 0 amide bonds. The second kappa shape index (κ2) is 9.24. The second-order valence-corrected chi connectivity index (χ2v) is 7.37. The van der Waals surface area contributed by atoms with Crippen molar-refractivity contribution in [1.29, 1.82) is 0 Å². The number of aliphatic hydroxyl groups excluding tert-OH is 2. The molecule has 2 heterocycles. The maximum atomic E-state index is 11.1. The summed E-state index contributed by atoms with van der Waals surface area (Å²) < 4.78 is 22.9. The lowest BCUT2D eigenvalue weighted by Crippen LogP contribution is -2.45. The van der Waals surface area contributed by atoms with Crippen molar-refractivity contribution in [2.75, 3.05) is 13.2 Å². The summed E-state index contributed by atoms with van der Waals surface area (Å²) in [7, 11) is 0. The lowest BCUT2D eigenvalue weighted by Gasteiger charge is -2.23. The molecule has 12 heteroatoms. The zero-order chi connectivity index (χ0) is 22.8. The van der Waals surface area contributed by atoms with E-state index in [4.69, 9.17) is 18.9 Å². The van der Waals surface area contributed by atoms with E-state index in [0.717, 1.165) is 0 Å². The van der Waals surface area contributed by atoms with Crippen LogP contribution in [0.4, 0.5) is 11.4 Å². The van der Waals surface area contributed by atoms with Crippen molar-refractivity contribution >= 4 is 11.4 Å². The molecule has 4 rings (SSSR count). The van der Waals surface area contributed by atoms with Gasteiger partial charge in [-0.3, -0.25) is 20.2 Å². The van der Waals surface area contributed by atoms with Crippen molar-refractivity contribution < 1.29 is 39.0 Å². The summed E-state index contributed by atoms with van der Waals surface area (Å²) in [5.41, 5.74) is 0.427. The second-order valence-electron chi connectivity index (χ2n) is 7.37. The minimum atomic E-state index is -1.39. The van der Waals surface area contributed by atoms with E-state index in [1.165, 1.54) is 36.4 Å². The molecule has 12 nitrogen and oxygen atoms in total. The number of non-ortho nitro benzene ring substituents is 2. The Morgan fingerprint density at radius 2 is 1.38 bits per heavy atom. The summed E-state index contributed by atoms with van der Waals surface area (Å²) in [5, 5.41) is 43.1. The topological polar surface area (TPSA) is 164 Å². The first-order valence-corrected chi connectivity index (χ1v) is 9.72. The Morgan fingerprint density at radius 3 is 1.97 bits per heavy atom. The number of ether oxygens (including phenoxy) is 4. The smallest absolute Gasteiger partial charge is 0.269 e. The van der Waals surface area contributed by atoms with Crippen molar-refractivity contribution in [3.05, 3.63) is 79.9 Å². The van der Waals surface area contributed by atoms with Gasteiger partial charge in [-0.1, -0.05) is 24.3 Å². The highest BCUT2D eigenvalue weighted by atomic mass is 16.8. The fraction of sp³-hybridized carbons (Fsp3) is 0.400. The van der Waals surface area contributed by atoms with Crippen LogP contribution in [0.5, 0.6) is 0 Å². The molecule has 2 aromatic rings. The van der Waals surface area contributed by atoms with E-state index < -0.39 is 46.8 Å². The molecule has 2 aliphatic heterocycles. The fourth-order valence-electron chi connectivity index (χ4n) is 3.59. The van der Waals surface area contributed by atoms with Crippen LogP contribution in [0.3, 0.4) is 0 Å². The first-order chi connectivity index (χ1) is 15.3. The van der Waals surface area contributed by atoms with E-state index in [0.29, 0.717) is 11.1 Å². The van der Waals surface area contributed by atoms with Gasteiger partial charge in [0.25, 0.3) is 11.4 Å². The van der Waals surface area contributed by atoms with Crippen molar-refractivity contribution in [3.63, 3.8) is 0 Å². The normalized spacial score (nSPS) is 30.6. The summed E-state index contributed by atoms with van der Waals surface area (Å²) in [6.45, 7) is -0.462. The van der Waals surface area contributed by atoms with Crippen LogP contribution in [0.15, 0.2) is 48.5 Å². The standard InChI is InChI=1S/C20H20N2O10/c23-15-9-29-19(11-3-1-5-13(7-11)21(25)26)30-10-16-18(17(15)24)32-20(31-16)12-4-2-6-14(8-12)22(27)28/h1-8,15-20,23-24H,9-10H2/t15-,16+,17-,18-,19?,20?/m0/s1. The van der Waals surface area contributed by atoms with Gasteiger partial charge in [0.2, 0.25) is 0 Å². The Hall–Kier alpha value is -3.00. The number of fused-ring (bicyclic) bond motifs is 1. The molecule has 170 valence electrons. The molecule has 2 aromatic carbocycles. The Bertz CT molecular complexity index is 1000. The molecule has 0 saturated carbocycles. The molecule has 0 spiro atoms. The number of benzene rings is 2. The lowest BCUT2D eigenvalue weighted by molar-refractivity contribution is -0.385. The maximum Gasteiger partial charge on any atom is 0.269 e. The first kappa shape index (κ1) is 22.2. The number of nitrogens with zero attached hydrogens (tertiary/aromatic N) is 2. The number of nitro benzene ring substituents is 2. The number of aliphatic hydroxyl groups is 2. The van der Waals surface area contributed by atoms with Gasteiger partial charge in [-0.2, -0.15) is 0 Å².